The number of rotatable bonds is 5. The van der Waals surface area contributed by atoms with Crippen LogP contribution >= 0.6 is 11.3 Å². The summed E-state index contributed by atoms with van der Waals surface area (Å²) < 4.78 is 0. The van der Waals surface area contributed by atoms with Crippen molar-refractivity contribution in [1.82, 2.24) is 9.91 Å². The number of aliphatic hydroxyl groups is 1. The lowest BCUT2D eigenvalue weighted by Crippen LogP contribution is -2.59. The summed E-state index contributed by atoms with van der Waals surface area (Å²) >= 11 is 1.47. The topological polar surface area (TPSA) is 64.1 Å². The van der Waals surface area contributed by atoms with Crippen molar-refractivity contribution in [2.45, 2.75) is 18.2 Å². The summed E-state index contributed by atoms with van der Waals surface area (Å²) in [5.74, 6) is -1.11. The molecule has 1 saturated heterocycles. The van der Waals surface area contributed by atoms with Crippen molar-refractivity contribution in [3.63, 3.8) is 0 Å². The molecule has 7 heteroatoms. The summed E-state index contributed by atoms with van der Waals surface area (Å²) in [6.45, 7) is 0. The summed E-state index contributed by atoms with van der Waals surface area (Å²) in [5, 5.41) is 17.1. The van der Waals surface area contributed by atoms with Gasteiger partial charge in [-0.1, -0.05) is 54.6 Å². The Bertz CT molecular complexity index is 1090. The smallest absolute Gasteiger partial charge is 0.249 e. The average Bonchev–Trinajstić information content (AvgIpc) is 3.45. The van der Waals surface area contributed by atoms with Crippen LogP contribution in [-0.2, 0) is 9.59 Å². The Morgan fingerprint density at radius 2 is 1.50 bits per heavy atom. The number of para-hydroxylation sites is 2. The van der Waals surface area contributed by atoms with Crippen LogP contribution < -0.4 is 5.01 Å². The van der Waals surface area contributed by atoms with E-state index < -0.39 is 24.1 Å². The number of thiophene rings is 1. The Morgan fingerprint density at radius 1 is 0.875 bits per heavy atom. The Kier molecular flexibility index (Phi) is 5.38. The summed E-state index contributed by atoms with van der Waals surface area (Å²) in [5.41, 5.74) is 1.68. The minimum atomic E-state index is -0.865. The highest BCUT2D eigenvalue weighted by Gasteiger charge is 2.54. The SMILES string of the molecule is CN1C(=O)C2C=CC(C(O)c3cccs3)N(N(c3ccccc3)c3ccccc3)C2C1=O. The highest BCUT2D eigenvalue weighted by atomic mass is 32.1. The Hall–Kier alpha value is -3.26. The molecule has 4 unspecified atom stereocenters. The quantitative estimate of drug-likeness (QED) is 0.479. The van der Waals surface area contributed by atoms with Crippen molar-refractivity contribution in [2.75, 3.05) is 12.1 Å². The number of fused-ring (bicyclic) bond motifs is 1. The fourth-order valence-electron chi connectivity index (χ4n) is 4.48. The van der Waals surface area contributed by atoms with Crippen LogP contribution in [0.15, 0.2) is 90.3 Å². The van der Waals surface area contributed by atoms with Crippen molar-refractivity contribution in [1.29, 1.82) is 0 Å². The number of carbonyl (C=O) groups excluding carboxylic acids is 2. The van der Waals surface area contributed by atoms with Gasteiger partial charge < -0.3 is 5.11 Å². The number of aliphatic hydroxyl groups excluding tert-OH is 1. The molecule has 32 heavy (non-hydrogen) atoms. The molecule has 2 aromatic carbocycles. The monoisotopic (exact) mass is 445 g/mol. The number of nitrogens with zero attached hydrogens (tertiary/aromatic N) is 3. The first-order chi connectivity index (χ1) is 15.6. The Balaban J connectivity index is 1.70. The highest BCUT2D eigenvalue weighted by Crippen LogP contribution is 2.41. The third-order valence-electron chi connectivity index (χ3n) is 6.04. The van der Waals surface area contributed by atoms with Gasteiger partial charge in [0.2, 0.25) is 11.8 Å². The number of likely N-dealkylation sites (N-methyl/N-ethyl adjacent to an activating group) is 1. The molecule has 0 bridgehead atoms. The first-order valence-electron chi connectivity index (χ1n) is 10.5. The zero-order valence-corrected chi connectivity index (χ0v) is 18.3. The van der Waals surface area contributed by atoms with Crippen LogP contribution in [-0.4, -0.2) is 46.0 Å². The molecule has 0 spiro atoms. The minimum Gasteiger partial charge on any atom is -0.386 e. The zero-order valence-electron chi connectivity index (χ0n) is 17.5. The lowest BCUT2D eigenvalue weighted by atomic mass is 9.92. The molecule has 2 amide bonds. The van der Waals surface area contributed by atoms with E-state index in [2.05, 4.69) is 0 Å². The third kappa shape index (κ3) is 3.35. The molecular weight excluding hydrogens is 422 g/mol. The molecule has 162 valence electrons. The fraction of sp³-hybridized carbons (Fsp3) is 0.200. The van der Waals surface area contributed by atoms with Crippen LogP contribution in [0.5, 0.6) is 0 Å². The van der Waals surface area contributed by atoms with Gasteiger partial charge in [-0.25, -0.2) is 0 Å². The second-order valence-electron chi connectivity index (χ2n) is 7.90. The van der Waals surface area contributed by atoms with Gasteiger partial charge in [-0.2, -0.15) is 5.01 Å². The maximum absolute atomic E-state index is 13.3. The minimum absolute atomic E-state index is 0.230. The number of imide groups is 1. The normalized spacial score (nSPS) is 23.9. The molecule has 6 nitrogen and oxygen atoms in total. The van der Waals surface area contributed by atoms with Gasteiger partial charge in [0.1, 0.15) is 12.1 Å². The maximum atomic E-state index is 13.3. The van der Waals surface area contributed by atoms with Gasteiger partial charge in [0.25, 0.3) is 0 Å². The van der Waals surface area contributed by atoms with E-state index in [1.807, 2.05) is 94.3 Å². The molecule has 1 fully saturated rings. The molecule has 0 radical (unpaired) electrons. The van der Waals surface area contributed by atoms with E-state index in [9.17, 15) is 14.7 Å². The van der Waals surface area contributed by atoms with Crippen molar-refractivity contribution < 1.29 is 14.7 Å². The van der Waals surface area contributed by atoms with E-state index in [-0.39, 0.29) is 11.8 Å². The zero-order chi connectivity index (χ0) is 22.2. The standard InChI is InChI=1S/C25H23N3O3S/c1-26-24(30)19-14-15-20(23(29)21-13-8-16-32-21)28(22(19)25(26)31)27(17-9-4-2-5-10-17)18-11-6-3-7-12-18/h2-16,19-20,22-23,29H,1H3. The molecule has 5 rings (SSSR count). The van der Waals surface area contributed by atoms with Crippen molar-refractivity contribution in [3.05, 3.63) is 95.2 Å². The van der Waals surface area contributed by atoms with Crippen molar-refractivity contribution in [3.8, 4) is 0 Å². The summed E-state index contributed by atoms with van der Waals surface area (Å²) in [6.07, 6.45) is 2.77. The number of anilines is 2. The van der Waals surface area contributed by atoms with Crippen LogP contribution in [0.3, 0.4) is 0 Å². The van der Waals surface area contributed by atoms with Gasteiger partial charge in [-0.15, -0.1) is 11.3 Å². The number of amides is 2. The second-order valence-corrected chi connectivity index (χ2v) is 8.88. The van der Waals surface area contributed by atoms with E-state index in [1.165, 1.54) is 23.3 Å². The molecule has 0 aliphatic carbocycles. The average molecular weight is 446 g/mol. The van der Waals surface area contributed by atoms with E-state index in [4.69, 9.17) is 0 Å². The number of hydrogen-bond donors (Lipinski definition) is 1. The van der Waals surface area contributed by atoms with Crippen LogP contribution in [0.1, 0.15) is 11.0 Å². The predicted molar refractivity (Wildman–Crippen MR) is 124 cm³/mol. The third-order valence-corrected chi connectivity index (χ3v) is 6.98. The lowest BCUT2D eigenvalue weighted by molar-refractivity contribution is -0.138. The molecule has 3 aromatic rings. The van der Waals surface area contributed by atoms with E-state index in [0.29, 0.717) is 0 Å². The fourth-order valence-corrected chi connectivity index (χ4v) is 5.23. The van der Waals surface area contributed by atoms with E-state index >= 15 is 0 Å². The summed E-state index contributed by atoms with van der Waals surface area (Å²) in [6, 6.07) is 21.9. The molecule has 3 heterocycles. The second kappa shape index (κ2) is 8.35. The molecule has 4 atom stereocenters. The van der Waals surface area contributed by atoms with Gasteiger partial charge in [0.15, 0.2) is 0 Å². The van der Waals surface area contributed by atoms with Crippen LogP contribution in [0, 0.1) is 5.92 Å². The molecule has 1 N–H and O–H groups in total. The van der Waals surface area contributed by atoms with Crippen molar-refractivity contribution >= 4 is 34.5 Å². The number of hydrazine groups is 1. The van der Waals surface area contributed by atoms with Gasteiger partial charge in [0, 0.05) is 11.9 Å². The Morgan fingerprint density at radius 3 is 2.06 bits per heavy atom. The van der Waals surface area contributed by atoms with Crippen LogP contribution in [0.25, 0.3) is 0 Å². The van der Waals surface area contributed by atoms with Crippen molar-refractivity contribution in [2.24, 2.45) is 5.92 Å². The highest BCUT2D eigenvalue weighted by molar-refractivity contribution is 7.10. The summed E-state index contributed by atoms with van der Waals surface area (Å²) in [4.78, 5) is 28.1. The van der Waals surface area contributed by atoms with E-state index in [0.717, 1.165) is 16.3 Å². The first kappa shape index (κ1) is 20.6. The number of hydrogen-bond acceptors (Lipinski definition) is 6. The maximum Gasteiger partial charge on any atom is 0.249 e. The number of carbonyl (C=O) groups is 2. The van der Waals surface area contributed by atoms with Gasteiger partial charge in [0.05, 0.1) is 23.3 Å². The Labute approximate surface area is 190 Å². The molecule has 2 aliphatic rings. The molecular formula is C25H23N3O3S. The predicted octanol–water partition coefficient (Wildman–Crippen LogP) is 3.76. The number of benzene rings is 2. The lowest BCUT2D eigenvalue weighted by Gasteiger charge is -2.47. The van der Waals surface area contributed by atoms with E-state index in [1.54, 1.807) is 6.08 Å². The van der Waals surface area contributed by atoms with Gasteiger partial charge >= 0.3 is 0 Å². The molecule has 2 aliphatic heterocycles. The van der Waals surface area contributed by atoms with Crippen LogP contribution in [0.2, 0.25) is 0 Å². The van der Waals surface area contributed by atoms with Gasteiger partial charge in [-0.3, -0.25) is 19.5 Å². The first-order valence-corrected chi connectivity index (χ1v) is 11.4. The largest absolute Gasteiger partial charge is 0.386 e. The van der Waals surface area contributed by atoms with Crippen LogP contribution in [0.4, 0.5) is 11.4 Å². The number of likely N-dealkylation sites (tertiary alicyclic amines) is 1. The molecule has 1 aromatic heterocycles. The summed E-state index contributed by atoms with van der Waals surface area (Å²) in [7, 11) is 1.52. The molecule has 0 saturated carbocycles. The van der Waals surface area contributed by atoms with Gasteiger partial charge in [-0.05, 0) is 35.7 Å².